The third-order valence-electron chi connectivity index (χ3n) is 3.76. The van der Waals surface area contributed by atoms with Crippen LogP contribution in [0.5, 0.6) is 5.75 Å². The SMILES string of the molecule is CCOC(=O)c1ccc(N/C=C(/C#N)C(=O)NCc2ccc(OC)cc2)cc1. The van der Waals surface area contributed by atoms with E-state index < -0.39 is 11.9 Å². The summed E-state index contributed by atoms with van der Waals surface area (Å²) in [7, 11) is 1.58. The number of amides is 1. The molecular formula is C21H21N3O4. The van der Waals surface area contributed by atoms with Gasteiger partial charge in [0.15, 0.2) is 0 Å². The number of nitriles is 1. The number of ether oxygens (including phenoxy) is 2. The largest absolute Gasteiger partial charge is 0.497 e. The molecule has 0 unspecified atom stereocenters. The molecule has 2 rings (SSSR count). The Morgan fingerprint density at radius 2 is 1.79 bits per heavy atom. The maximum Gasteiger partial charge on any atom is 0.338 e. The summed E-state index contributed by atoms with van der Waals surface area (Å²) in [5.74, 6) is -0.167. The molecule has 2 aromatic rings. The van der Waals surface area contributed by atoms with E-state index >= 15 is 0 Å². The number of rotatable bonds is 8. The fourth-order valence-corrected chi connectivity index (χ4v) is 2.24. The molecule has 7 heteroatoms. The van der Waals surface area contributed by atoms with Gasteiger partial charge in [-0.2, -0.15) is 5.26 Å². The second-order valence-corrected chi connectivity index (χ2v) is 5.64. The first-order valence-electron chi connectivity index (χ1n) is 8.62. The van der Waals surface area contributed by atoms with Crippen LogP contribution in [0.2, 0.25) is 0 Å². The highest BCUT2D eigenvalue weighted by Crippen LogP contribution is 2.12. The van der Waals surface area contributed by atoms with Crippen molar-refractivity contribution in [2.45, 2.75) is 13.5 Å². The van der Waals surface area contributed by atoms with Crippen molar-refractivity contribution in [2.75, 3.05) is 19.0 Å². The van der Waals surface area contributed by atoms with E-state index in [0.717, 1.165) is 11.3 Å². The topological polar surface area (TPSA) is 100 Å². The molecule has 0 aliphatic carbocycles. The van der Waals surface area contributed by atoms with Crippen LogP contribution in [-0.4, -0.2) is 25.6 Å². The third kappa shape index (κ3) is 5.88. The Balaban J connectivity index is 1.93. The van der Waals surface area contributed by atoms with Crippen LogP contribution in [-0.2, 0) is 16.1 Å². The number of carbonyl (C=O) groups excluding carboxylic acids is 2. The van der Waals surface area contributed by atoms with Gasteiger partial charge in [-0.15, -0.1) is 0 Å². The van der Waals surface area contributed by atoms with E-state index in [1.54, 1.807) is 50.4 Å². The number of benzene rings is 2. The molecule has 0 saturated heterocycles. The monoisotopic (exact) mass is 379 g/mol. The third-order valence-corrected chi connectivity index (χ3v) is 3.76. The molecule has 2 N–H and O–H groups in total. The Morgan fingerprint density at radius 1 is 1.11 bits per heavy atom. The normalized spacial score (nSPS) is 10.5. The molecule has 0 atom stereocenters. The van der Waals surface area contributed by atoms with Crippen molar-refractivity contribution >= 4 is 17.6 Å². The molecule has 0 heterocycles. The van der Waals surface area contributed by atoms with Crippen LogP contribution < -0.4 is 15.4 Å². The lowest BCUT2D eigenvalue weighted by Crippen LogP contribution is -2.24. The van der Waals surface area contributed by atoms with Crippen LogP contribution >= 0.6 is 0 Å². The van der Waals surface area contributed by atoms with Crippen LogP contribution in [0.1, 0.15) is 22.8 Å². The fourth-order valence-electron chi connectivity index (χ4n) is 2.24. The van der Waals surface area contributed by atoms with Gasteiger partial charge in [-0.25, -0.2) is 4.79 Å². The fraction of sp³-hybridized carbons (Fsp3) is 0.190. The Bertz CT molecular complexity index is 881. The maximum absolute atomic E-state index is 12.2. The van der Waals surface area contributed by atoms with E-state index in [2.05, 4.69) is 10.6 Å². The number of nitrogens with one attached hydrogen (secondary N) is 2. The average Bonchev–Trinajstić information content (AvgIpc) is 2.73. The van der Waals surface area contributed by atoms with Crippen LogP contribution in [0.4, 0.5) is 5.69 Å². The smallest absolute Gasteiger partial charge is 0.338 e. The number of anilines is 1. The second-order valence-electron chi connectivity index (χ2n) is 5.64. The zero-order valence-corrected chi connectivity index (χ0v) is 15.7. The van der Waals surface area contributed by atoms with E-state index in [-0.39, 0.29) is 12.1 Å². The summed E-state index contributed by atoms with van der Waals surface area (Å²) in [5, 5.41) is 14.8. The van der Waals surface area contributed by atoms with E-state index in [0.29, 0.717) is 17.9 Å². The highest BCUT2D eigenvalue weighted by Gasteiger charge is 2.09. The van der Waals surface area contributed by atoms with Gasteiger partial charge in [-0.3, -0.25) is 4.79 Å². The summed E-state index contributed by atoms with van der Waals surface area (Å²) in [6, 6.07) is 15.6. The summed E-state index contributed by atoms with van der Waals surface area (Å²) >= 11 is 0. The van der Waals surface area contributed by atoms with Crippen molar-refractivity contribution in [1.29, 1.82) is 5.26 Å². The average molecular weight is 379 g/mol. The molecular weight excluding hydrogens is 358 g/mol. The van der Waals surface area contributed by atoms with Gasteiger partial charge in [-0.1, -0.05) is 12.1 Å². The maximum atomic E-state index is 12.2. The quantitative estimate of drug-likeness (QED) is 0.415. The molecule has 0 aliphatic rings. The summed E-state index contributed by atoms with van der Waals surface area (Å²) < 4.78 is 10.0. The molecule has 0 radical (unpaired) electrons. The lowest BCUT2D eigenvalue weighted by Gasteiger charge is -2.07. The van der Waals surface area contributed by atoms with E-state index in [9.17, 15) is 14.9 Å². The van der Waals surface area contributed by atoms with Crippen molar-refractivity contribution in [3.05, 3.63) is 71.4 Å². The summed E-state index contributed by atoms with van der Waals surface area (Å²) in [6.07, 6.45) is 1.32. The molecule has 0 aromatic heterocycles. The predicted molar refractivity (Wildman–Crippen MR) is 105 cm³/mol. The minimum atomic E-state index is -0.492. The summed E-state index contributed by atoms with van der Waals surface area (Å²) in [6.45, 7) is 2.33. The minimum Gasteiger partial charge on any atom is -0.497 e. The Morgan fingerprint density at radius 3 is 2.36 bits per heavy atom. The molecule has 7 nitrogen and oxygen atoms in total. The van der Waals surface area contributed by atoms with Crippen molar-refractivity contribution in [2.24, 2.45) is 0 Å². The van der Waals surface area contributed by atoms with Gasteiger partial charge in [0.05, 0.1) is 19.3 Å². The zero-order chi connectivity index (χ0) is 20.4. The van der Waals surface area contributed by atoms with E-state index in [1.807, 2.05) is 18.2 Å². The Kier molecular flexibility index (Phi) is 7.61. The van der Waals surface area contributed by atoms with Crippen LogP contribution in [0.15, 0.2) is 60.3 Å². The second kappa shape index (κ2) is 10.4. The number of methoxy groups -OCH3 is 1. The minimum absolute atomic E-state index is 0.0667. The summed E-state index contributed by atoms with van der Waals surface area (Å²) in [5.41, 5.74) is 1.87. The molecule has 0 bridgehead atoms. The van der Waals surface area contributed by atoms with E-state index in [4.69, 9.17) is 9.47 Å². The van der Waals surface area contributed by atoms with Crippen LogP contribution in [0.3, 0.4) is 0 Å². The number of esters is 1. The zero-order valence-electron chi connectivity index (χ0n) is 15.7. The van der Waals surface area contributed by atoms with Gasteiger partial charge in [0.2, 0.25) is 0 Å². The summed E-state index contributed by atoms with van der Waals surface area (Å²) in [4.78, 5) is 23.8. The Labute approximate surface area is 163 Å². The van der Waals surface area contributed by atoms with Crippen molar-refractivity contribution < 1.29 is 19.1 Å². The van der Waals surface area contributed by atoms with Gasteiger partial charge in [0.25, 0.3) is 5.91 Å². The standard InChI is InChI=1S/C21H21N3O4/c1-3-28-21(26)16-6-8-18(9-7-16)23-14-17(12-22)20(25)24-13-15-4-10-19(27-2)11-5-15/h4-11,14,23H,3,13H2,1-2H3,(H,24,25)/b17-14-. The number of hydrogen-bond acceptors (Lipinski definition) is 6. The lowest BCUT2D eigenvalue weighted by atomic mass is 10.2. The molecule has 2 aromatic carbocycles. The molecule has 144 valence electrons. The van der Waals surface area contributed by atoms with Gasteiger partial charge < -0.3 is 20.1 Å². The first-order valence-corrected chi connectivity index (χ1v) is 8.62. The number of hydrogen-bond donors (Lipinski definition) is 2. The van der Waals surface area contributed by atoms with Crippen LogP contribution in [0, 0.1) is 11.3 Å². The molecule has 0 aliphatic heterocycles. The molecule has 0 saturated carbocycles. The highest BCUT2D eigenvalue weighted by molar-refractivity contribution is 5.97. The van der Waals surface area contributed by atoms with Gasteiger partial charge in [0.1, 0.15) is 17.4 Å². The van der Waals surface area contributed by atoms with Gasteiger partial charge in [0, 0.05) is 18.4 Å². The first-order chi connectivity index (χ1) is 13.6. The lowest BCUT2D eigenvalue weighted by molar-refractivity contribution is -0.117. The van der Waals surface area contributed by atoms with Crippen molar-refractivity contribution in [3.8, 4) is 11.8 Å². The molecule has 0 fully saturated rings. The first kappa shape index (κ1) is 20.5. The van der Waals surface area contributed by atoms with Crippen molar-refractivity contribution in [3.63, 3.8) is 0 Å². The predicted octanol–water partition coefficient (Wildman–Crippen LogP) is 3.01. The number of carbonyl (C=O) groups is 2. The molecule has 0 spiro atoms. The molecule has 1 amide bonds. The number of nitrogens with zero attached hydrogens (tertiary/aromatic N) is 1. The van der Waals surface area contributed by atoms with E-state index in [1.165, 1.54) is 6.20 Å². The Hall–Kier alpha value is -3.79. The van der Waals surface area contributed by atoms with Crippen molar-refractivity contribution in [1.82, 2.24) is 5.32 Å². The highest BCUT2D eigenvalue weighted by atomic mass is 16.5. The van der Waals surface area contributed by atoms with Crippen LogP contribution in [0.25, 0.3) is 0 Å². The molecule has 28 heavy (non-hydrogen) atoms. The van der Waals surface area contributed by atoms with Gasteiger partial charge in [-0.05, 0) is 48.9 Å². The van der Waals surface area contributed by atoms with Gasteiger partial charge >= 0.3 is 5.97 Å².